The third-order valence-corrected chi connectivity index (χ3v) is 7.33. The molecule has 2 amide bonds. The predicted molar refractivity (Wildman–Crippen MR) is 140 cm³/mol. The second-order valence-corrected chi connectivity index (χ2v) is 10.7. The van der Waals surface area contributed by atoms with Crippen molar-refractivity contribution >= 4 is 21.6 Å². The van der Waals surface area contributed by atoms with Crippen molar-refractivity contribution in [2.24, 2.45) is 5.10 Å². The molecule has 8 nitrogen and oxygen atoms in total. The van der Waals surface area contributed by atoms with E-state index in [1.807, 2.05) is 43.3 Å². The van der Waals surface area contributed by atoms with Gasteiger partial charge in [-0.3, -0.25) is 0 Å². The molecule has 1 heterocycles. The summed E-state index contributed by atoms with van der Waals surface area (Å²) in [5, 5.41) is 8.92. The number of nitrogens with one attached hydrogen (secondary N) is 1. The van der Waals surface area contributed by atoms with Crippen molar-refractivity contribution in [3.8, 4) is 22.6 Å². The topological polar surface area (TPSA) is 97.3 Å². The molecule has 0 radical (unpaired) electrons. The number of carbonyl (C=O) groups is 1. The van der Waals surface area contributed by atoms with Crippen molar-refractivity contribution < 1.29 is 22.7 Å². The van der Waals surface area contributed by atoms with Crippen LogP contribution < -0.4 is 14.8 Å². The summed E-state index contributed by atoms with van der Waals surface area (Å²) in [6, 6.07) is 17.9. The van der Waals surface area contributed by atoms with E-state index < -0.39 is 9.84 Å². The van der Waals surface area contributed by atoms with E-state index in [2.05, 4.69) is 5.32 Å². The number of amides is 2. The SMILES string of the molecule is CNC(=O)N1N=C(c2ccc(-c3ccc(S(C)(=O)=O)cc3)cc2)c2cc(OC)c(OC)cc2CC1C. The number of fused-ring (bicyclic) bond motifs is 1. The molecule has 1 aliphatic heterocycles. The van der Waals surface area contributed by atoms with Gasteiger partial charge in [0.1, 0.15) is 0 Å². The molecule has 0 spiro atoms. The van der Waals surface area contributed by atoms with Crippen LogP contribution in [-0.4, -0.2) is 58.7 Å². The number of rotatable bonds is 5. The molecule has 3 aromatic rings. The number of ether oxygens (including phenoxy) is 2. The Balaban J connectivity index is 1.80. The quantitative estimate of drug-likeness (QED) is 0.561. The van der Waals surface area contributed by atoms with Crippen LogP contribution in [-0.2, 0) is 16.3 Å². The Hall–Kier alpha value is -3.85. The van der Waals surface area contributed by atoms with Gasteiger partial charge in [-0.15, -0.1) is 0 Å². The number of nitrogens with zero attached hydrogens (tertiary/aromatic N) is 2. The maximum atomic E-state index is 12.7. The fourth-order valence-electron chi connectivity index (χ4n) is 4.26. The molecule has 0 aliphatic carbocycles. The number of hydrazone groups is 1. The van der Waals surface area contributed by atoms with Gasteiger partial charge in [0.2, 0.25) is 0 Å². The number of methoxy groups -OCH3 is 2. The molecule has 1 N–H and O–H groups in total. The molecule has 1 aliphatic rings. The van der Waals surface area contributed by atoms with E-state index in [1.54, 1.807) is 45.5 Å². The average Bonchev–Trinajstić information content (AvgIpc) is 3.02. The van der Waals surface area contributed by atoms with E-state index >= 15 is 0 Å². The standard InChI is InChI=1S/C27H29N3O5S/c1-17-14-21-15-24(34-3)25(35-4)16-23(21)26(29-30(17)27(31)28-2)20-8-6-18(7-9-20)19-10-12-22(13-11-19)36(5,32)33/h6-13,15-17H,14H2,1-5H3,(H,28,31). The number of benzene rings is 3. The van der Waals surface area contributed by atoms with Crippen molar-refractivity contribution in [1.82, 2.24) is 10.3 Å². The number of sulfone groups is 1. The molecule has 0 aromatic heterocycles. The normalized spacial score (nSPS) is 15.4. The van der Waals surface area contributed by atoms with Crippen LogP contribution in [0.5, 0.6) is 11.5 Å². The van der Waals surface area contributed by atoms with Crippen LogP contribution in [0.2, 0.25) is 0 Å². The molecule has 9 heteroatoms. The fourth-order valence-corrected chi connectivity index (χ4v) is 4.89. The first-order valence-corrected chi connectivity index (χ1v) is 13.3. The highest BCUT2D eigenvalue weighted by molar-refractivity contribution is 7.90. The van der Waals surface area contributed by atoms with Crippen LogP contribution >= 0.6 is 0 Å². The lowest BCUT2D eigenvalue weighted by Gasteiger charge is -2.22. The Morgan fingerprint density at radius 2 is 1.47 bits per heavy atom. The maximum Gasteiger partial charge on any atom is 0.337 e. The molecule has 0 saturated heterocycles. The van der Waals surface area contributed by atoms with Crippen molar-refractivity contribution in [1.29, 1.82) is 0 Å². The lowest BCUT2D eigenvalue weighted by atomic mass is 9.93. The minimum absolute atomic E-state index is 0.188. The summed E-state index contributed by atoms with van der Waals surface area (Å²) >= 11 is 0. The van der Waals surface area contributed by atoms with Crippen molar-refractivity contribution in [3.05, 3.63) is 77.4 Å². The third kappa shape index (κ3) is 4.92. The molecule has 3 aromatic carbocycles. The van der Waals surface area contributed by atoms with E-state index in [0.29, 0.717) is 23.6 Å². The smallest absolute Gasteiger partial charge is 0.337 e. The molecule has 0 saturated carbocycles. The fraction of sp³-hybridized carbons (Fsp3) is 0.259. The van der Waals surface area contributed by atoms with Gasteiger partial charge in [-0.2, -0.15) is 5.10 Å². The number of hydrogen-bond donors (Lipinski definition) is 1. The molecule has 0 fully saturated rings. The molecule has 36 heavy (non-hydrogen) atoms. The second-order valence-electron chi connectivity index (χ2n) is 8.64. The van der Waals surface area contributed by atoms with Crippen LogP contribution in [0.15, 0.2) is 70.7 Å². The average molecular weight is 508 g/mol. The Bertz CT molecular complexity index is 1420. The molecule has 4 rings (SSSR count). The zero-order chi connectivity index (χ0) is 26.0. The molecular weight excluding hydrogens is 478 g/mol. The van der Waals surface area contributed by atoms with Gasteiger partial charge in [0.05, 0.1) is 30.9 Å². The van der Waals surface area contributed by atoms with Gasteiger partial charge >= 0.3 is 6.03 Å². The second kappa shape index (κ2) is 10.0. The van der Waals surface area contributed by atoms with Crippen LogP contribution in [0.3, 0.4) is 0 Å². The van der Waals surface area contributed by atoms with Gasteiger partial charge in [0.15, 0.2) is 21.3 Å². The van der Waals surface area contributed by atoms with Crippen LogP contribution in [0.4, 0.5) is 4.79 Å². The van der Waals surface area contributed by atoms with Gasteiger partial charge in [0.25, 0.3) is 0 Å². The zero-order valence-electron chi connectivity index (χ0n) is 20.9. The van der Waals surface area contributed by atoms with Gasteiger partial charge in [-0.25, -0.2) is 18.2 Å². The molecule has 1 atom stereocenters. The highest BCUT2D eigenvalue weighted by Crippen LogP contribution is 2.35. The van der Waals surface area contributed by atoms with Crippen molar-refractivity contribution in [2.45, 2.75) is 24.3 Å². The van der Waals surface area contributed by atoms with Gasteiger partial charge in [-0.05, 0) is 54.3 Å². The summed E-state index contributed by atoms with van der Waals surface area (Å²) in [7, 11) is 1.50. The molecule has 0 bridgehead atoms. The lowest BCUT2D eigenvalue weighted by Crippen LogP contribution is -2.41. The van der Waals surface area contributed by atoms with Gasteiger partial charge in [-0.1, -0.05) is 36.4 Å². The van der Waals surface area contributed by atoms with E-state index in [1.165, 1.54) is 11.3 Å². The third-order valence-electron chi connectivity index (χ3n) is 6.20. The first-order valence-electron chi connectivity index (χ1n) is 11.4. The number of hydrogen-bond acceptors (Lipinski definition) is 6. The highest BCUT2D eigenvalue weighted by atomic mass is 32.2. The van der Waals surface area contributed by atoms with Crippen molar-refractivity contribution in [3.63, 3.8) is 0 Å². The lowest BCUT2D eigenvalue weighted by molar-refractivity contribution is 0.184. The maximum absolute atomic E-state index is 12.7. The zero-order valence-corrected chi connectivity index (χ0v) is 21.7. The van der Waals surface area contributed by atoms with Gasteiger partial charge < -0.3 is 14.8 Å². The van der Waals surface area contributed by atoms with Crippen LogP contribution in [0, 0.1) is 0 Å². The Morgan fingerprint density at radius 3 is 2.00 bits per heavy atom. The van der Waals surface area contributed by atoms with Gasteiger partial charge in [0, 0.05) is 24.4 Å². The summed E-state index contributed by atoms with van der Waals surface area (Å²) in [6.07, 6.45) is 1.77. The van der Waals surface area contributed by atoms with Crippen LogP contribution in [0.1, 0.15) is 23.6 Å². The van der Waals surface area contributed by atoms with Crippen molar-refractivity contribution in [2.75, 3.05) is 27.5 Å². The molecule has 188 valence electrons. The van der Waals surface area contributed by atoms with E-state index in [-0.39, 0.29) is 17.0 Å². The van der Waals surface area contributed by atoms with E-state index in [4.69, 9.17) is 14.6 Å². The summed E-state index contributed by atoms with van der Waals surface area (Å²) in [5.41, 5.74) is 5.13. The first kappa shape index (κ1) is 25.2. The Morgan fingerprint density at radius 1 is 0.944 bits per heavy atom. The number of urea groups is 1. The minimum atomic E-state index is -3.26. The highest BCUT2D eigenvalue weighted by Gasteiger charge is 2.28. The summed E-state index contributed by atoms with van der Waals surface area (Å²) in [5.74, 6) is 1.19. The van der Waals surface area contributed by atoms with Crippen LogP contribution in [0.25, 0.3) is 11.1 Å². The summed E-state index contributed by atoms with van der Waals surface area (Å²) < 4.78 is 34.6. The van der Waals surface area contributed by atoms with E-state index in [0.717, 1.165) is 27.8 Å². The molecule has 1 unspecified atom stereocenters. The summed E-state index contributed by atoms with van der Waals surface area (Å²) in [6.45, 7) is 1.95. The monoisotopic (exact) mass is 507 g/mol. The first-order chi connectivity index (χ1) is 17.2. The Labute approximate surface area is 211 Å². The van der Waals surface area contributed by atoms with E-state index in [9.17, 15) is 13.2 Å². The predicted octanol–water partition coefficient (Wildman–Crippen LogP) is 4.11. The summed E-state index contributed by atoms with van der Waals surface area (Å²) in [4.78, 5) is 12.9. The Kier molecular flexibility index (Phi) is 7.03. The largest absolute Gasteiger partial charge is 0.493 e. The number of carbonyl (C=O) groups excluding carboxylic acids is 1. The minimum Gasteiger partial charge on any atom is -0.493 e. The molecular formula is C27H29N3O5S.